The number of imidazole rings is 1. The van der Waals surface area contributed by atoms with Crippen molar-refractivity contribution < 1.29 is 4.74 Å². The first kappa shape index (κ1) is 14.7. The summed E-state index contributed by atoms with van der Waals surface area (Å²) in [5.41, 5.74) is 2.48. The van der Waals surface area contributed by atoms with Gasteiger partial charge in [-0.25, -0.2) is 4.98 Å². The zero-order chi connectivity index (χ0) is 15.7. The molecule has 1 spiro atoms. The minimum Gasteiger partial charge on any atom is -0.381 e. The van der Waals surface area contributed by atoms with Crippen LogP contribution in [0.1, 0.15) is 24.2 Å². The van der Waals surface area contributed by atoms with Gasteiger partial charge in [0.05, 0.1) is 17.6 Å². The summed E-state index contributed by atoms with van der Waals surface area (Å²) < 4.78 is 7.38. The lowest BCUT2D eigenvalue weighted by Crippen LogP contribution is -2.54. The molecule has 1 fully saturated rings. The molecule has 2 aromatic rings. The third kappa shape index (κ3) is 2.52. The molecule has 0 atom stereocenters. The first-order valence-electron chi connectivity index (χ1n) is 8.31. The summed E-state index contributed by atoms with van der Waals surface area (Å²) in [5.74, 6) is 0. The van der Waals surface area contributed by atoms with Crippen molar-refractivity contribution in [1.29, 1.82) is 0 Å². The quantitative estimate of drug-likeness (QED) is 0.923. The van der Waals surface area contributed by atoms with Crippen molar-refractivity contribution in [3.8, 4) is 0 Å². The molecule has 6 nitrogen and oxygen atoms in total. The fourth-order valence-corrected chi connectivity index (χ4v) is 3.98. The molecule has 0 aromatic carbocycles. The van der Waals surface area contributed by atoms with Crippen LogP contribution in [0.5, 0.6) is 0 Å². The van der Waals surface area contributed by atoms with Gasteiger partial charge in [0.15, 0.2) is 0 Å². The molecule has 0 aliphatic carbocycles. The van der Waals surface area contributed by atoms with Gasteiger partial charge in [-0.2, -0.15) is 0 Å². The molecule has 1 N–H and O–H groups in total. The van der Waals surface area contributed by atoms with Crippen LogP contribution < -0.4 is 5.56 Å². The first-order chi connectivity index (χ1) is 11.3. The van der Waals surface area contributed by atoms with E-state index in [1.165, 1.54) is 11.4 Å². The van der Waals surface area contributed by atoms with Crippen molar-refractivity contribution in [3.63, 3.8) is 0 Å². The molecule has 0 bridgehead atoms. The Kier molecular flexibility index (Phi) is 3.79. The normalized spacial score (nSPS) is 20.5. The van der Waals surface area contributed by atoms with E-state index in [1.54, 1.807) is 16.7 Å². The van der Waals surface area contributed by atoms with Crippen LogP contribution in [0.3, 0.4) is 0 Å². The van der Waals surface area contributed by atoms with Gasteiger partial charge in [0, 0.05) is 57.2 Å². The van der Waals surface area contributed by atoms with Crippen LogP contribution in [-0.4, -0.2) is 45.7 Å². The molecule has 2 aliphatic heterocycles. The Bertz CT molecular complexity index is 730. The van der Waals surface area contributed by atoms with Crippen molar-refractivity contribution in [2.75, 3.05) is 26.3 Å². The van der Waals surface area contributed by atoms with Gasteiger partial charge in [-0.1, -0.05) is 6.07 Å². The largest absolute Gasteiger partial charge is 0.381 e. The standard InChI is InChI=1S/C17H22N4O2/c22-15-3-1-2-7-20(15)9-10-21-8-4-14-16(19-13-18-14)17(21)5-11-23-12-6-17/h1-3,7,13H,4-6,8-12H2,(H,18,19). The maximum atomic E-state index is 11.9. The SMILES string of the molecule is O=c1ccccn1CCN1CCc2[nH]cnc2C12CCOCC2. The molecule has 0 saturated carbocycles. The topological polar surface area (TPSA) is 63.2 Å². The average molecular weight is 314 g/mol. The molecule has 2 aliphatic rings. The minimum absolute atomic E-state index is 0.0375. The third-order valence-electron chi connectivity index (χ3n) is 5.23. The number of nitrogens with one attached hydrogen (secondary N) is 1. The van der Waals surface area contributed by atoms with E-state index in [4.69, 9.17) is 4.74 Å². The highest BCUT2D eigenvalue weighted by molar-refractivity contribution is 5.26. The Balaban J connectivity index is 1.60. The number of pyridine rings is 1. The summed E-state index contributed by atoms with van der Waals surface area (Å²) in [6.45, 7) is 4.11. The number of fused-ring (bicyclic) bond motifs is 2. The lowest BCUT2D eigenvalue weighted by atomic mass is 9.80. The Morgan fingerprint density at radius 3 is 2.96 bits per heavy atom. The lowest BCUT2D eigenvalue weighted by Gasteiger charge is -2.48. The lowest BCUT2D eigenvalue weighted by molar-refractivity contribution is -0.0421. The highest BCUT2D eigenvalue weighted by Gasteiger charge is 2.45. The van der Waals surface area contributed by atoms with Gasteiger partial charge in [-0.3, -0.25) is 9.69 Å². The van der Waals surface area contributed by atoms with Crippen LogP contribution in [0.2, 0.25) is 0 Å². The third-order valence-corrected chi connectivity index (χ3v) is 5.23. The molecule has 122 valence electrons. The maximum Gasteiger partial charge on any atom is 0.250 e. The van der Waals surface area contributed by atoms with Crippen LogP contribution in [0.25, 0.3) is 0 Å². The molecule has 0 unspecified atom stereocenters. The Morgan fingerprint density at radius 2 is 2.13 bits per heavy atom. The van der Waals surface area contributed by atoms with Crippen molar-refractivity contribution >= 4 is 0 Å². The minimum atomic E-state index is -0.0375. The van der Waals surface area contributed by atoms with Gasteiger partial charge in [-0.15, -0.1) is 0 Å². The second kappa shape index (κ2) is 5.94. The van der Waals surface area contributed by atoms with Gasteiger partial charge in [-0.05, 0) is 18.9 Å². The van der Waals surface area contributed by atoms with E-state index in [0.717, 1.165) is 45.6 Å². The van der Waals surface area contributed by atoms with Crippen molar-refractivity contribution in [2.24, 2.45) is 0 Å². The number of nitrogens with zero attached hydrogens (tertiary/aromatic N) is 3. The van der Waals surface area contributed by atoms with E-state index in [9.17, 15) is 4.79 Å². The number of aromatic amines is 1. The fourth-order valence-electron chi connectivity index (χ4n) is 3.98. The summed E-state index contributed by atoms with van der Waals surface area (Å²) in [7, 11) is 0. The molecule has 23 heavy (non-hydrogen) atoms. The molecular formula is C17H22N4O2. The Hall–Kier alpha value is -1.92. The average Bonchev–Trinajstić information content (AvgIpc) is 3.07. The van der Waals surface area contributed by atoms with Gasteiger partial charge in [0.1, 0.15) is 0 Å². The van der Waals surface area contributed by atoms with Crippen LogP contribution >= 0.6 is 0 Å². The van der Waals surface area contributed by atoms with E-state index < -0.39 is 0 Å². The molecular weight excluding hydrogens is 292 g/mol. The van der Waals surface area contributed by atoms with Crippen LogP contribution in [-0.2, 0) is 23.2 Å². The zero-order valence-corrected chi connectivity index (χ0v) is 13.2. The van der Waals surface area contributed by atoms with E-state index >= 15 is 0 Å². The second-order valence-corrected chi connectivity index (χ2v) is 6.34. The highest BCUT2D eigenvalue weighted by atomic mass is 16.5. The summed E-state index contributed by atoms with van der Waals surface area (Å²) >= 11 is 0. The summed E-state index contributed by atoms with van der Waals surface area (Å²) in [5, 5.41) is 0. The van der Waals surface area contributed by atoms with E-state index in [0.29, 0.717) is 6.54 Å². The summed E-state index contributed by atoms with van der Waals surface area (Å²) in [4.78, 5) is 22.4. The van der Waals surface area contributed by atoms with Crippen LogP contribution in [0.15, 0.2) is 35.5 Å². The second-order valence-electron chi connectivity index (χ2n) is 6.34. The first-order valence-corrected chi connectivity index (χ1v) is 8.31. The summed E-state index contributed by atoms with van der Waals surface area (Å²) in [6, 6.07) is 5.32. The van der Waals surface area contributed by atoms with E-state index in [-0.39, 0.29) is 11.1 Å². The van der Waals surface area contributed by atoms with Gasteiger partial charge in [0.2, 0.25) is 0 Å². The predicted octanol–water partition coefficient (Wildman–Crippen LogP) is 1.14. The Labute approximate surface area is 135 Å². The smallest absolute Gasteiger partial charge is 0.250 e. The molecule has 2 aromatic heterocycles. The highest BCUT2D eigenvalue weighted by Crippen LogP contribution is 2.41. The van der Waals surface area contributed by atoms with Crippen LogP contribution in [0.4, 0.5) is 0 Å². The summed E-state index contributed by atoms with van der Waals surface area (Å²) in [6.07, 6.45) is 6.60. The molecule has 4 rings (SSSR count). The zero-order valence-electron chi connectivity index (χ0n) is 13.2. The van der Waals surface area contributed by atoms with Gasteiger partial charge in [0.25, 0.3) is 5.56 Å². The molecule has 1 saturated heterocycles. The van der Waals surface area contributed by atoms with E-state index in [2.05, 4.69) is 14.9 Å². The predicted molar refractivity (Wildman–Crippen MR) is 86.3 cm³/mol. The number of ether oxygens (including phenoxy) is 1. The number of rotatable bonds is 3. The fraction of sp³-hybridized carbons (Fsp3) is 0.529. The number of aromatic nitrogens is 3. The van der Waals surface area contributed by atoms with Gasteiger partial charge < -0.3 is 14.3 Å². The number of hydrogen-bond donors (Lipinski definition) is 1. The Morgan fingerprint density at radius 1 is 1.26 bits per heavy atom. The van der Waals surface area contributed by atoms with Crippen molar-refractivity contribution in [3.05, 3.63) is 52.5 Å². The molecule has 4 heterocycles. The van der Waals surface area contributed by atoms with Crippen LogP contribution in [0, 0.1) is 0 Å². The van der Waals surface area contributed by atoms with Crippen molar-refractivity contribution in [1.82, 2.24) is 19.4 Å². The molecule has 0 amide bonds. The van der Waals surface area contributed by atoms with Crippen molar-refractivity contribution in [2.45, 2.75) is 31.3 Å². The number of hydrogen-bond acceptors (Lipinski definition) is 4. The number of H-pyrrole nitrogens is 1. The monoisotopic (exact) mass is 314 g/mol. The maximum absolute atomic E-state index is 11.9. The molecule has 0 radical (unpaired) electrons. The van der Waals surface area contributed by atoms with Gasteiger partial charge >= 0.3 is 0 Å². The molecule has 6 heteroatoms. The van der Waals surface area contributed by atoms with E-state index in [1.807, 2.05) is 18.6 Å².